The molecule has 1 N–H and O–H groups in total. The molecule has 0 spiro atoms. The summed E-state index contributed by atoms with van der Waals surface area (Å²) in [5.41, 5.74) is 3.39. The van der Waals surface area contributed by atoms with Gasteiger partial charge in [-0.3, -0.25) is 4.68 Å². The average Bonchev–Trinajstić information content (AvgIpc) is 3.24. The number of hydrogen-bond acceptors (Lipinski definition) is 6. The molecule has 4 heterocycles. The number of esters is 1. The smallest absolute Gasteiger partial charge is 0.341 e. The fraction of sp³-hybridized carbons (Fsp3) is 0.375. The Morgan fingerprint density at radius 2 is 2.25 bits per heavy atom. The number of ether oxygens (including phenoxy) is 1. The second kappa shape index (κ2) is 5.63. The standard InChI is InChI=1S/C16H18N6O2/c1-3-10-6-17-14-13(10)15(19-9-18-14)21-4-5-22-12(8-21)11(7-20-22)16(23)24-2/h6-7,9H,3-5,8H2,1-2H3,(H,17,18,19). The molecular weight excluding hydrogens is 308 g/mol. The fourth-order valence-corrected chi connectivity index (χ4v) is 3.23. The van der Waals surface area contributed by atoms with Crippen molar-refractivity contribution >= 4 is 22.8 Å². The van der Waals surface area contributed by atoms with E-state index in [4.69, 9.17) is 4.74 Å². The van der Waals surface area contributed by atoms with Crippen LogP contribution in [0.1, 0.15) is 28.5 Å². The summed E-state index contributed by atoms with van der Waals surface area (Å²) in [6, 6.07) is 0. The number of nitrogens with zero attached hydrogens (tertiary/aromatic N) is 5. The Bertz CT molecular complexity index is 913. The van der Waals surface area contributed by atoms with Gasteiger partial charge in [0.2, 0.25) is 0 Å². The number of aryl methyl sites for hydroxylation is 1. The van der Waals surface area contributed by atoms with Crippen LogP contribution in [0, 0.1) is 0 Å². The summed E-state index contributed by atoms with van der Waals surface area (Å²) in [5, 5.41) is 5.34. The summed E-state index contributed by atoms with van der Waals surface area (Å²) in [5.74, 6) is 0.531. The van der Waals surface area contributed by atoms with E-state index in [9.17, 15) is 4.79 Å². The number of rotatable bonds is 3. The molecular formula is C16H18N6O2. The summed E-state index contributed by atoms with van der Waals surface area (Å²) < 4.78 is 6.71. The van der Waals surface area contributed by atoms with Crippen LogP contribution in [0.25, 0.3) is 11.0 Å². The zero-order chi connectivity index (χ0) is 16.7. The van der Waals surface area contributed by atoms with Crippen molar-refractivity contribution < 1.29 is 9.53 Å². The Kier molecular flexibility index (Phi) is 3.44. The molecule has 0 aromatic carbocycles. The van der Waals surface area contributed by atoms with E-state index >= 15 is 0 Å². The third-order valence-electron chi connectivity index (χ3n) is 4.49. The minimum absolute atomic E-state index is 0.359. The van der Waals surface area contributed by atoms with Crippen molar-refractivity contribution in [3.8, 4) is 0 Å². The summed E-state index contributed by atoms with van der Waals surface area (Å²) in [6.45, 7) is 4.14. The highest BCUT2D eigenvalue weighted by Crippen LogP contribution is 2.29. The molecule has 0 atom stereocenters. The minimum atomic E-state index is -0.359. The first kappa shape index (κ1) is 14.7. The molecule has 0 aliphatic carbocycles. The fourth-order valence-electron chi connectivity index (χ4n) is 3.23. The lowest BCUT2D eigenvalue weighted by Crippen LogP contribution is -2.35. The van der Waals surface area contributed by atoms with Crippen molar-refractivity contribution in [2.45, 2.75) is 26.4 Å². The van der Waals surface area contributed by atoms with Crippen LogP contribution in [0.3, 0.4) is 0 Å². The van der Waals surface area contributed by atoms with Crippen LogP contribution in [0.4, 0.5) is 5.82 Å². The van der Waals surface area contributed by atoms with E-state index in [1.165, 1.54) is 12.7 Å². The van der Waals surface area contributed by atoms with E-state index in [-0.39, 0.29) is 5.97 Å². The Labute approximate surface area is 138 Å². The Hall–Kier alpha value is -2.90. The van der Waals surface area contributed by atoms with Crippen LogP contribution in [0.5, 0.6) is 0 Å². The van der Waals surface area contributed by atoms with E-state index in [0.29, 0.717) is 18.7 Å². The van der Waals surface area contributed by atoms with Crippen LogP contribution in [0.2, 0.25) is 0 Å². The van der Waals surface area contributed by atoms with Crippen LogP contribution >= 0.6 is 0 Å². The second-order valence-corrected chi connectivity index (χ2v) is 5.73. The van der Waals surface area contributed by atoms with Gasteiger partial charge in [-0.2, -0.15) is 5.10 Å². The molecule has 124 valence electrons. The maximum Gasteiger partial charge on any atom is 0.341 e. The molecule has 1 aliphatic rings. The van der Waals surface area contributed by atoms with Crippen LogP contribution in [-0.4, -0.2) is 44.4 Å². The molecule has 3 aromatic heterocycles. The SMILES string of the molecule is CCc1c[nH]c2ncnc(N3CCn4ncc(C(=O)OC)c4C3)c12. The van der Waals surface area contributed by atoms with Crippen LogP contribution < -0.4 is 4.90 Å². The van der Waals surface area contributed by atoms with Crippen LogP contribution in [-0.2, 0) is 24.2 Å². The molecule has 3 aromatic rings. The molecule has 0 unspecified atom stereocenters. The third kappa shape index (κ3) is 2.14. The van der Waals surface area contributed by atoms with Gasteiger partial charge in [-0.05, 0) is 12.0 Å². The van der Waals surface area contributed by atoms with Gasteiger partial charge in [-0.25, -0.2) is 14.8 Å². The molecule has 24 heavy (non-hydrogen) atoms. The van der Waals surface area contributed by atoms with Gasteiger partial charge in [-0.1, -0.05) is 6.92 Å². The Morgan fingerprint density at radius 3 is 3.04 bits per heavy atom. The molecule has 0 saturated carbocycles. The van der Waals surface area contributed by atoms with Gasteiger partial charge in [0, 0.05) is 12.7 Å². The van der Waals surface area contributed by atoms with Gasteiger partial charge in [0.15, 0.2) is 0 Å². The molecule has 0 saturated heterocycles. The number of anilines is 1. The van der Waals surface area contributed by atoms with E-state index in [1.54, 1.807) is 12.5 Å². The summed E-state index contributed by atoms with van der Waals surface area (Å²) in [7, 11) is 1.38. The maximum atomic E-state index is 11.9. The number of H-pyrrole nitrogens is 1. The van der Waals surface area contributed by atoms with Gasteiger partial charge in [0.05, 0.1) is 37.5 Å². The normalized spacial score (nSPS) is 14.0. The molecule has 8 heteroatoms. The first-order valence-electron chi connectivity index (χ1n) is 7.91. The van der Waals surface area contributed by atoms with Gasteiger partial charge < -0.3 is 14.6 Å². The average molecular weight is 326 g/mol. The maximum absolute atomic E-state index is 11.9. The van der Waals surface area contributed by atoms with E-state index in [2.05, 4.69) is 31.9 Å². The Balaban J connectivity index is 1.76. The van der Waals surface area contributed by atoms with Gasteiger partial charge >= 0.3 is 5.97 Å². The predicted octanol–water partition coefficient (Wildman–Crippen LogP) is 1.52. The first-order valence-corrected chi connectivity index (χ1v) is 7.91. The van der Waals surface area contributed by atoms with E-state index in [0.717, 1.165) is 35.5 Å². The number of fused-ring (bicyclic) bond motifs is 2. The van der Waals surface area contributed by atoms with Crippen molar-refractivity contribution in [2.75, 3.05) is 18.6 Å². The predicted molar refractivity (Wildman–Crippen MR) is 87.9 cm³/mol. The van der Waals surface area contributed by atoms with E-state index < -0.39 is 0 Å². The highest BCUT2D eigenvalue weighted by Gasteiger charge is 2.26. The summed E-state index contributed by atoms with van der Waals surface area (Å²) >= 11 is 0. The summed E-state index contributed by atoms with van der Waals surface area (Å²) in [6.07, 6.45) is 6.03. The third-order valence-corrected chi connectivity index (χ3v) is 4.49. The number of carbonyl (C=O) groups excluding carboxylic acids is 1. The van der Waals surface area contributed by atoms with Crippen molar-refractivity contribution in [1.29, 1.82) is 0 Å². The lowest BCUT2D eigenvalue weighted by atomic mass is 10.1. The topological polar surface area (TPSA) is 88.9 Å². The number of carbonyl (C=O) groups is 1. The number of aromatic nitrogens is 5. The quantitative estimate of drug-likeness (QED) is 0.734. The van der Waals surface area contributed by atoms with Crippen molar-refractivity contribution in [2.24, 2.45) is 0 Å². The second-order valence-electron chi connectivity index (χ2n) is 5.73. The molecule has 1 aliphatic heterocycles. The van der Waals surface area contributed by atoms with Crippen LogP contribution in [0.15, 0.2) is 18.7 Å². The van der Waals surface area contributed by atoms with Crippen molar-refractivity contribution in [3.05, 3.63) is 35.5 Å². The number of methoxy groups -OCH3 is 1. The van der Waals surface area contributed by atoms with E-state index in [1.807, 2.05) is 10.9 Å². The van der Waals surface area contributed by atoms with Gasteiger partial charge in [0.25, 0.3) is 0 Å². The number of aromatic amines is 1. The molecule has 0 fully saturated rings. The lowest BCUT2D eigenvalue weighted by molar-refractivity contribution is 0.0599. The molecule has 4 rings (SSSR count). The largest absolute Gasteiger partial charge is 0.465 e. The van der Waals surface area contributed by atoms with Crippen molar-refractivity contribution in [3.63, 3.8) is 0 Å². The highest BCUT2D eigenvalue weighted by atomic mass is 16.5. The Morgan fingerprint density at radius 1 is 1.38 bits per heavy atom. The molecule has 0 amide bonds. The van der Waals surface area contributed by atoms with Crippen molar-refractivity contribution in [1.82, 2.24) is 24.7 Å². The zero-order valence-corrected chi connectivity index (χ0v) is 13.6. The monoisotopic (exact) mass is 326 g/mol. The van der Waals surface area contributed by atoms with Gasteiger partial charge in [0.1, 0.15) is 23.4 Å². The molecule has 0 bridgehead atoms. The molecule has 0 radical (unpaired) electrons. The van der Waals surface area contributed by atoms with Gasteiger partial charge in [-0.15, -0.1) is 0 Å². The highest BCUT2D eigenvalue weighted by molar-refractivity contribution is 5.92. The zero-order valence-electron chi connectivity index (χ0n) is 13.6. The number of hydrogen-bond donors (Lipinski definition) is 1. The number of nitrogens with one attached hydrogen (secondary N) is 1. The molecule has 8 nitrogen and oxygen atoms in total. The lowest BCUT2D eigenvalue weighted by Gasteiger charge is -2.29. The minimum Gasteiger partial charge on any atom is -0.465 e. The first-order chi connectivity index (χ1) is 11.7. The summed E-state index contributed by atoms with van der Waals surface area (Å²) in [4.78, 5) is 26.1.